The van der Waals surface area contributed by atoms with Gasteiger partial charge >= 0.3 is 0 Å². The van der Waals surface area contributed by atoms with E-state index in [1.165, 1.54) is 11.8 Å². The fourth-order valence-electron chi connectivity index (χ4n) is 1.75. The van der Waals surface area contributed by atoms with Crippen LogP contribution in [0.1, 0.15) is 0 Å². The van der Waals surface area contributed by atoms with Gasteiger partial charge in [-0.3, -0.25) is 0 Å². The monoisotopic (exact) mass is 350 g/mol. The summed E-state index contributed by atoms with van der Waals surface area (Å²) in [6.07, 6.45) is -1.31. The number of halogens is 1. The molecule has 3 rings (SSSR count). The smallest absolute Gasteiger partial charge is 0.190 e. The first kappa shape index (κ1) is 17.3. The first-order valence-corrected chi connectivity index (χ1v) is 7.79. The quantitative estimate of drug-likeness (QED) is 0.265. The molecule has 0 radical (unpaired) electrons. The standard InChI is InChI=1S/C6H5ClN4S.C5H10O5/c1-12-6-10-4(7)3-5(11-6)9-2-8-3;6-1-2-3(7)4(8)5(9)10-2/h2H,1H3,(H,8,9,10,11);2-9H,1H2/t;2-,3-,4-,5-/m.1/s1. The van der Waals surface area contributed by atoms with E-state index in [9.17, 15) is 0 Å². The number of ether oxygens (including phenoxy) is 1. The molecular weight excluding hydrogens is 336 g/mol. The summed E-state index contributed by atoms with van der Waals surface area (Å²) in [4.78, 5) is 15.0. The van der Waals surface area contributed by atoms with Crippen LogP contribution in [0.15, 0.2) is 11.5 Å². The van der Waals surface area contributed by atoms with Crippen molar-refractivity contribution in [1.29, 1.82) is 0 Å². The largest absolute Gasteiger partial charge is 0.394 e. The number of thioether (sulfide) groups is 1. The van der Waals surface area contributed by atoms with Gasteiger partial charge < -0.3 is 30.1 Å². The van der Waals surface area contributed by atoms with Crippen LogP contribution in [0.25, 0.3) is 11.2 Å². The van der Waals surface area contributed by atoms with Crippen LogP contribution < -0.4 is 0 Å². The Balaban J connectivity index is 0.000000164. The summed E-state index contributed by atoms with van der Waals surface area (Å²) in [6, 6.07) is 0. The Kier molecular flexibility index (Phi) is 5.92. The van der Waals surface area contributed by atoms with Gasteiger partial charge in [0, 0.05) is 0 Å². The van der Waals surface area contributed by atoms with Crippen molar-refractivity contribution in [3.05, 3.63) is 11.5 Å². The van der Waals surface area contributed by atoms with Crippen LogP contribution in [0.2, 0.25) is 5.15 Å². The fraction of sp³-hybridized carbons (Fsp3) is 0.545. The molecule has 1 fully saturated rings. The molecule has 0 unspecified atom stereocenters. The van der Waals surface area contributed by atoms with E-state index in [4.69, 9.17) is 32.0 Å². The highest BCUT2D eigenvalue weighted by atomic mass is 35.5. The lowest BCUT2D eigenvalue weighted by Gasteiger charge is -2.09. The molecule has 0 spiro atoms. The molecule has 5 N–H and O–H groups in total. The third-order valence-corrected chi connectivity index (χ3v) is 3.74. The maximum Gasteiger partial charge on any atom is 0.190 e. The van der Waals surface area contributed by atoms with Crippen LogP contribution in [0.4, 0.5) is 0 Å². The third kappa shape index (κ3) is 3.66. The van der Waals surface area contributed by atoms with Gasteiger partial charge in [-0.15, -0.1) is 0 Å². The molecule has 1 aliphatic heterocycles. The topological polar surface area (TPSA) is 145 Å². The van der Waals surface area contributed by atoms with Crippen molar-refractivity contribution in [2.24, 2.45) is 0 Å². The van der Waals surface area contributed by atoms with E-state index < -0.39 is 31.2 Å². The van der Waals surface area contributed by atoms with Gasteiger partial charge in [0.15, 0.2) is 22.2 Å². The van der Waals surface area contributed by atoms with Crippen molar-refractivity contribution in [2.75, 3.05) is 12.9 Å². The van der Waals surface area contributed by atoms with Crippen LogP contribution in [0.5, 0.6) is 0 Å². The minimum absolute atomic E-state index is 0.407. The normalized spacial score (nSPS) is 27.7. The predicted molar refractivity (Wildman–Crippen MR) is 78.5 cm³/mol. The Morgan fingerprint density at radius 3 is 2.55 bits per heavy atom. The number of aliphatic hydroxyl groups excluding tert-OH is 4. The molecule has 0 amide bonds. The van der Waals surface area contributed by atoms with Crippen molar-refractivity contribution in [1.82, 2.24) is 19.9 Å². The summed E-state index contributed by atoms with van der Waals surface area (Å²) in [5, 5.41) is 36.0. The highest BCUT2D eigenvalue weighted by Crippen LogP contribution is 2.20. The van der Waals surface area contributed by atoms with Gasteiger partial charge in [-0.2, -0.15) is 0 Å². The number of hydrogen-bond donors (Lipinski definition) is 5. The molecule has 2 aromatic rings. The first-order valence-electron chi connectivity index (χ1n) is 6.19. The van der Waals surface area contributed by atoms with Crippen LogP contribution in [-0.4, -0.2) is 77.8 Å². The van der Waals surface area contributed by atoms with E-state index in [-0.39, 0.29) is 0 Å². The maximum atomic E-state index is 8.93. The van der Waals surface area contributed by atoms with Gasteiger partial charge in [0.05, 0.1) is 12.9 Å². The van der Waals surface area contributed by atoms with Crippen molar-refractivity contribution in [3.63, 3.8) is 0 Å². The molecule has 22 heavy (non-hydrogen) atoms. The number of aliphatic hydroxyl groups is 4. The number of imidazole rings is 1. The zero-order valence-corrected chi connectivity index (χ0v) is 13.0. The first-order chi connectivity index (χ1) is 10.5. The molecule has 1 saturated heterocycles. The summed E-state index contributed by atoms with van der Waals surface area (Å²) in [5.74, 6) is 0. The molecule has 2 aromatic heterocycles. The number of hydrogen-bond acceptors (Lipinski definition) is 9. The Hall–Kier alpha value is -1.01. The Morgan fingerprint density at radius 2 is 2.05 bits per heavy atom. The molecule has 0 aromatic carbocycles. The van der Waals surface area contributed by atoms with Gasteiger partial charge in [-0.05, 0) is 6.26 Å². The molecule has 4 atom stereocenters. The second-order valence-corrected chi connectivity index (χ2v) is 5.46. The number of aromatic amines is 1. The van der Waals surface area contributed by atoms with Crippen molar-refractivity contribution in [2.45, 2.75) is 29.8 Å². The lowest BCUT2D eigenvalue weighted by Crippen LogP contribution is -2.33. The molecule has 0 aliphatic carbocycles. The molecule has 3 heterocycles. The average Bonchev–Trinajstić information content (AvgIpc) is 3.08. The van der Waals surface area contributed by atoms with E-state index in [1.807, 2.05) is 6.26 Å². The van der Waals surface area contributed by atoms with Gasteiger partial charge in [-0.1, -0.05) is 23.4 Å². The van der Waals surface area contributed by atoms with E-state index in [0.717, 1.165) is 0 Å². The summed E-state index contributed by atoms with van der Waals surface area (Å²) in [6.45, 7) is -0.407. The Bertz CT molecular complexity index is 630. The number of nitrogens with one attached hydrogen (secondary N) is 1. The molecule has 11 heteroatoms. The number of rotatable bonds is 2. The van der Waals surface area contributed by atoms with E-state index in [1.54, 1.807) is 6.33 Å². The zero-order valence-electron chi connectivity index (χ0n) is 11.4. The second kappa shape index (κ2) is 7.51. The molecule has 1 aliphatic rings. The average molecular weight is 351 g/mol. The lowest BCUT2D eigenvalue weighted by molar-refractivity contribution is -0.132. The number of nitrogens with zero attached hydrogens (tertiary/aromatic N) is 3. The van der Waals surface area contributed by atoms with E-state index >= 15 is 0 Å². The highest BCUT2D eigenvalue weighted by Gasteiger charge is 2.41. The highest BCUT2D eigenvalue weighted by molar-refractivity contribution is 7.98. The van der Waals surface area contributed by atoms with Gasteiger partial charge in [-0.25, -0.2) is 15.0 Å². The van der Waals surface area contributed by atoms with E-state index in [0.29, 0.717) is 21.5 Å². The van der Waals surface area contributed by atoms with E-state index in [2.05, 4.69) is 24.7 Å². The summed E-state index contributed by atoms with van der Waals surface area (Å²) < 4.78 is 4.54. The lowest BCUT2D eigenvalue weighted by atomic mass is 10.1. The summed E-state index contributed by atoms with van der Waals surface area (Å²) in [5.41, 5.74) is 1.30. The maximum absolute atomic E-state index is 8.93. The van der Waals surface area contributed by atoms with Crippen LogP contribution in [0.3, 0.4) is 0 Å². The summed E-state index contributed by atoms with van der Waals surface area (Å²) >= 11 is 7.29. The van der Waals surface area contributed by atoms with Crippen LogP contribution >= 0.6 is 23.4 Å². The number of H-pyrrole nitrogens is 1. The Labute approximate surface area is 134 Å². The van der Waals surface area contributed by atoms with Crippen molar-refractivity contribution in [3.8, 4) is 0 Å². The number of aromatic nitrogens is 4. The zero-order chi connectivity index (χ0) is 16.3. The minimum atomic E-state index is -1.38. The number of fused-ring (bicyclic) bond motifs is 1. The van der Waals surface area contributed by atoms with Gasteiger partial charge in [0.1, 0.15) is 23.8 Å². The third-order valence-electron chi connectivity index (χ3n) is 2.92. The predicted octanol–water partition coefficient (Wildman–Crippen LogP) is -0.854. The van der Waals surface area contributed by atoms with Crippen LogP contribution in [0, 0.1) is 0 Å². The Morgan fingerprint density at radius 1 is 1.32 bits per heavy atom. The van der Waals surface area contributed by atoms with Crippen LogP contribution in [-0.2, 0) is 4.74 Å². The molecule has 9 nitrogen and oxygen atoms in total. The van der Waals surface area contributed by atoms with Gasteiger partial charge in [0.2, 0.25) is 0 Å². The molecule has 122 valence electrons. The second-order valence-electron chi connectivity index (χ2n) is 4.33. The molecule has 0 bridgehead atoms. The van der Waals surface area contributed by atoms with Crippen molar-refractivity contribution >= 4 is 34.5 Å². The fourth-order valence-corrected chi connectivity index (χ4v) is 2.38. The van der Waals surface area contributed by atoms with Gasteiger partial charge in [0.25, 0.3) is 0 Å². The summed E-state index contributed by atoms with van der Waals surface area (Å²) in [7, 11) is 0. The SMILES string of the molecule is CSc1nc(Cl)c2[nH]cnc2n1.OC[C@H]1O[C@@H](O)[C@H](O)[C@@H]1O. The minimum Gasteiger partial charge on any atom is -0.394 e. The molecule has 0 saturated carbocycles. The molecular formula is C11H15ClN4O5S. The van der Waals surface area contributed by atoms with Crippen molar-refractivity contribution < 1.29 is 25.2 Å².